The van der Waals surface area contributed by atoms with E-state index in [2.05, 4.69) is 0 Å². The summed E-state index contributed by atoms with van der Waals surface area (Å²) >= 11 is 0. The van der Waals surface area contributed by atoms with Crippen LogP contribution in [0.4, 0.5) is 0 Å². The molecule has 78 valence electrons. The van der Waals surface area contributed by atoms with Crippen LogP contribution in [-0.2, 0) is 4.79 Å². The van der Waals surface area contributed by atoms with Gasteiger partial charge in [0, 0.05) is 18.2 Å². The smallest absolute Gasteiger partial charge is 0.304 e. The number of hydrogen-bond acceptors (Lipinski definition) is 4. The maximum absolute atomic E-state index is 10.4. The van der Waals surface area contributed by atoms with Gasteiger partial charge in [-0.05, 0) is 12.8 Å². The van der Waals surface area contributed by atoms with E-state index in [0.717, 1.165) is 0 Å². The van der Waals surface area contributed by atoms with E-state index < -0.39 is 17.6 Å². The second kappa shape index (κ2) is 5.16. The number of carbonyl (C=O) groups is 1. The Bertz CT molecular complexity index is 175. The fraction of sp³-hybridized carbons (Fsp3) is 0.875. The van der Waals surface area contributed by atoms with E-state index in [-0.39, 0.29) is 13.0 Å². The Kier molecular flexibility index (Phi) is 4.90. The molecule has 0 aromatic heterocycles. The highest BCUT2D eigenvalue weighted by Crippen LogP contribution is 2.17. The fourth-order valence-corrected chi connectivity index (χ4v) is 1.22. The van der Waals surface area contributed by atoms with Crippen molar-refractivity contribution in [3.05, 3.63) is 0 Å². The third-order valence-electron chi connectivity index (χ3n) is 2.37. The molecule has 0 aliphatic rings. The summed E-state index contributed by atoms with van der Waals surface area (Å²) < 4.78 is 0. The summed E-state index contributed by atoms with van der Waals surface area (Å²) in [5.74, 6) is -0.964. The van der Waals surface area contributed by atoms with Crippen LogP contribution >= 0.6 is 0 Å². The third kappa shape index (κ3) is 3.71. The summed E-state index contributed by atoms with van der Waals surface area (Å²) in [6.07, 6.45) is 0.726. The molecule has 5 heteroatoms. The summed E-state index contributed by atoms with van der Waals surface area (Å²) in [6, 6.07) is -0.609. The highest BCUT2D eigenvalue weighted by molar-refractivity contribution is 5.67. The Hall–Kier alpha value is -0.650. The van der Waals surface area contributed by atoms with Crippen LogP contribution in [0.15, 0.2) is 0 Å². The summed E-state index contributed by atoms with van der Waals surface area (Å²) in [5, 5.41) is 17.2. The molecule has 6 N–H and O–H groups in total. The van der Waals surface area contributed by atoms with E-state index in [4.69, 9.17) is 21.7 Å². The molecule has 0 aromatic rings. The van der Waals surface area contributed by atoms with Gasteiger partial charge in [-0.15, -0.1) is 0 Å². The lowest BCUT2D eigenvalue weighted by molar-refractivity contribution is -0.137. The number of carboxylic acids is 1. The highest BCUT2D eigenvalue weighted by atomic mass is 16.4. The number of rotatable bonds is 6. The Morgan fingerprint density at radius 2 is 2.15 bits per heavy atom. The van der Waals surface area contributed by atoms with Crippen LogP contribution in [0.3, 0.4) is 0 Å². The summed E-state index contributed by atoms with van der Waals surface area (Å²) in [6.45, 7) is 1.76. The number of carboxylic acid groups (broad SMARTS) is 1. The molecule has 0 spiro atoms. The standard InChI is InChI=1S/C8H18N2O3/c1-2-8(10,3-4-11)6(9)5-7(12)13/h6,11H,2-5,9-10H2,1H3,(H,12,13). The summed E-state index contributed by atoms with van der Waals surface area (Å²) in [4.78, 5) is 10.4. The molecule has 0 saturated carbocycles. The Balaban J connectivity index is 4.27. The van der Waals surface area contributed by atoms with Gasteiger partial charge in [0.1, 0.15) is 0 Å². The van der Waals surface area contributed by atoms with Crippen LogP contribution in [0, 0.1) is 0 Å². The largest absolute Gasteiger partial charge is 0.481 e. The number of aliphatic hydroxyl groups is 1. The van der Waals surface area contributed by atoms with Crippen LogP contribution in [-0.4, -0.2) is 34.4 Å². The molecular weight excluding hydrogens is 172 g/mol. The van der Waals surface area contributed by atoms with Crippen molar-refractivity contribution >= 4 is 5.97 Å². The topological polar surface area (TPSA) is 110 Å². The van der Waals surface area contributed by atoms with E-state index in [1.165, 1.54) is 0 Å². The Labute approximate surface area is 77.7 Å². The normalized spacial score (nSPS) is 17.8. The molecular formula is C8H18N2O3. The van der Waals surface area contributed by atoms with Crippen molar-refractivity contribution in [1.29, 1.82) is 0 Å². The molecule has 0 radical (unpaired) electrons. The molecule has 0 amide bonds. The van der Waals surface area contributed by atoms with Gasteiger partial charge in [-0.25, -0.2) is 0 Å². The number of hydrogen-bond donors (Lipinski definition) is 4. The SMILES string of the molecule is CCC(N)(CCO)C(N)CC(=O)O. The molecule has 0 bridgehead atoms. The molecule has 0 aromatic carbocycles. The van der Waals surface area contributed by atoms with Crippen LogP contribution < -0.4 is 11.5 Å². The monoisotopic (exact) mass is 190 g/mol. The number of aliphatic carboxylic acids is 1. The van der Waals surface area contributed by atoms with Gasteiger partial charge >= 0.3 is 5.97 Å². The zero-order valence-electron chi connectivity index (χ0n) is 7.86. The average Bonchev–Trinajstić information content (AvgIpc) is 2.03. The number of aliphatic hydroxyl groups excluding tert-OH is 1. The molecule has 5 nitrogen and oxygen atoms in total. The maximum atomic E-state index is 10.4. The van der Waals surface area contributed by atoms with Gasteiger partial charge in [-0.2, -0.15) is 0 Å². The Morgan fingerprint density at radius 3 is 2.46 bits per heavy atom. The van der Waals surface area contributed by atoms with E-state index in [1.807, 2.05) is 6.92 Å². The second-order valence-corrected chi connectivity index (χ2v) is 3.26. The molecule has 2 atom stereocenters. The first kappa shape index (κ1) is 12.3. The highest BCUT2D eigenvalue weighted by Gasteiger charge is 2.31. The first-order chi connectivity index (χ1) is 5.96. The molecule has 0 heterocycles. The molecule has 0 rings (SSSR count). The Morgan fingerprint density at radius 1 is 1.62 bits per heavy atom. The van der Waals surface area contributed by atoms with Gasteiger partial charge in [0.25, 0.3) is 0 Å². The minimum Gasteiger partial charge on any atom is -0.481 e. The van der Waals surface area contributed by atoms with Gasteiger partial charge in [-0.1, -0.05) is 6.92 Å². The minimum absolute atomic E-state index is 0.0718. The van der Waals surface area contributed by atoms with E-state index in [1.54, 1.807) is 0 Å². The lowest BCUT2D eigenvalue weighted by Crippen LogP contribution is -2.56. The zero-order valence-corrected chi connectivity index (χ0v) is 7.86. The predicted octanol–water partition coefficient (Wildman–Crippen LogP) is -0.722. The quantitative estimate of drug-likeness (QED) is 0.442. The first-order valence-electron chi connectivity index (χ1n) is 4.33. The van der Waals surface area contributed by atoms with E-state index in [0.29, 0.717) is 12.8 Å². The van der Waals surface area contributed by atoms with E-state index >= 15 is 0 Å². The van der Waals surface area contributed by atoms with Gasteiger partial charge in [-0.3, -0.25) is 4.79 Å². The van der Waals surface area contributed by atoms with Crippen molar-refractivity contribution in [3.63, 3.8) is 0 Å². The van der Waals surface area contributed by atoms with Crippen molar-refractivity contribution in [2.75, 3.05) is 6.61 Å². The van der Waals surface area contributed by atoms with Crippen LogP contribution in [0.25, 0.3) is 0 Å². The van der Waals surface area contributed by atoms with Crippen molar-refractivity contribution in [3.8, 4) is 0 Å². The van der Waals surface area contributed by atoms with Crippen LogP contribution in [0.2, 0.25) is 0 Å². The third-order valence-corrected chi connectivity index (χ3v) is 2.37. The fourth-order valence-electron chi connectivity index (χ4n) is 1.22. The van der Waals surface area contributed by atoms with Crippen LogP contribution in [0.1, 0.15) is 26.2 Å². The summed E-state index contributed by atoms with van der Waals surface area (Å²) in [5.41, 5.74) is 10.7. The van der Waals surface area contributed by atoms with Crippen molar-refractivity contribution in [2.45, 2.75) is 37.8 Å². The lowest BCUT2D eigenvalue weighted by Gasteiger charge is -2.33. The minimum atomic E-state index is -0.964. The molecule has 0 aliphatic heterocycles. The number of nitrogens with two attached hydrogens (primary N) is 2. The van der Waals surface area contributed by atoms with Gasteiger partial charge in [0.2, 0.25) is 0 Å². The van der Waals surface area contributed by atoms with Gasteiger partial charge in [0.05, 0.1) is 6.42 Å². The van der Waals surface area contributed by atoms with Gasteiger partial charge in [0.15, 0.2) is 0 Å². The molecule has 0 saturated heterocycles. The molecule has 0 aliphatic carbocycles. The van der Waals surface area contributed by atoms with Crippen molar-refractivity contribution < 1.29 is 15.0 Å². The predicted molar refractivity (Wildman–Crippen MR) is 49.1 cm³/mol. The van der Waals surface area contributed by atoms with E-state index in [9.17, 15) is 4.79 Å². The van der Waals surface area contributed by atoms with Crippen molar-refractivity contribution in [1.82, 2.24) is 0 Å². The molecule has 13 heavy (non-hydrogen) atoms. The van der Waals surface area contributed by atoms with Crippen LogP contribution in [0.5, 0.6) is 0 Å². The summed E-state index contributed by atoms with van der Waals surface area (Å²) in [7, 11) is 0. The second-order valence-electron chi connectivity index (χ2n) is 3.26. The van der Waals surface area contributed by atoms with Crippen molar-refractivity contribution in [2.24, 2.45) is 11.5 Å². The molecule has 0 fully saturated rings. The van der Waals surface area contributed by atoms with Gasteiger partial charge < -0.3 is 21.7 Å². The lowest BCUT2D eigenvalue weighted by atomic mass is 9.84. The maximum Gasteiger partial charge on any atom is 0.304 e. The first-order valence-corrected chi connectivity index (χ1v) is 4.33. The zero-order chi connectivity index (χ0) is 10.5. The average molecular weight is 190 g/mol. The molecule has 2 unspecified atom stereocenters.